The average Bonchev–Trinajstić information content (AvgIpc) is 2.27. The summed E-state index contributed by atoms with van der Waals surface area (Å²) in [6.45, 7) is 10.6. The lowest BCUT2D eigenvalue weighted by Gasteiger charge is -2.38. The normalized spacial score (nSPS) is 15.9. The summed E-state index contributed by atoms with van der Waals surface area (Å²) in [5.41, 5.74) is -1.73. The summed E-state index contributed by atoms with van der Waals surface area (Å²) in [6, 6.07) is 4.95. The van der Waals surface area contributed by atoms with Crippen LogP contribution in [0.25, 0.3) is 0 Å². The number of hydrogen-bond acceptors (Lipinski definition) is 1. The first-order valence-electron chi connectivity index (χ1n) is 5.94. The van der Waals surface area contributed by atoms with Crippen LogP contribution in [0.4, 0.5) is 13.2 Å². The molecule has 0 fully saturated rings. The van der Waals surface area contributed by atoms with Crippen LogP contribution < -0.4 is 0 Å². The Labute approximate surface area is 111 Å². The molecule has 0 aromatic heterocycles. The quantitative estimate of drug-likeness (QED) is 0.877. The minimum atomic E-state index is -4.33. The van der Waals surface area contributed by atoms with Crippen LogP contribution >= 0.6 is 0 Å². The Morgan fingerprint density at radius 2 is 1.58 bits per heavy atom. The molecule has 4 heteroatoms. The zero-order valence-corrected chi connectivity index (χ0v) is 11.3. The zero-order chi connectivity index (χ0) is 14.9. The van der Waals surface area contributed by atoms with Crippen LogP contribution in [0.5, 0.6) is 0 Å². The molecule has 1 aromatic carbocycles. The van der Waals surface area contributed by atoms with E-state index in [1.165, 1.54) is 18.2 Å². The van der Waals surface area contributed by atoms with E-state index in [2.05, 4.69) is 0 Å². The second-order valence-electron chi connectivity index (χ2n) is 5.57. The van der Waals surface area contributed by atoms with Crippen molar-refractivity contribution < 1.29 is 18.3 Å². The third kappa shape index (κ3) is 3.60. The highest BCUT2D eigenvalue weighted by Gasteiger charge is 2.37. The Kier molecular flexibility index (Phi) is 4.15. The highest BCUT2D eigenvalue weighted by molar-refractivity contribution is 5.26. The SMILES string of the molecule is [CH]=CC(C)(O)C(C)(C)Cc1ccc(C(F)(F)F)cc1. The van der Waals surface area contributed by atoms with Crippen molar-refractivity contribution in [2.24, 2.45) is 5.41 Å². The van der Waals surface area contributed by atoms with Crippen LogP contribution in [-0.4, -0.2) is 10.7 Å². The summed E-state index contributed by atoms with van der Waals surface area (Å²) in [7, 11) is 0. The van der Waals surface area contributed by atoms with Crippen molar-refractivity contribution in [1.82, 2.24) is 0 Å². The fraction of sp³-hybridized carbons (Fsp3) is 0.467. The smallest absolute Gasteiger partial charge is 0.386 e. The van der Waals surface area contributed by atoms with Gasteiger partial charge in [-0.3, -0.25) is 0 Å². The maximum Gasteiger partial charge on any atom is 0.416 e. The van der Waals surface area contributed by atoms with Gasteiger partial charge < -0.3 is 5.11 Å². The summed E-state index contributed by atoms with van der Waals surface area (Å²) in [5, 5.41) is 10.1. The van der Waals surface area contributed by atoms with Crippen LogP contribution in [-0.2, 0) is 12.6 Å². The zero-order valence-electron chi connectivity index (χ0n) is 11.3. The molecule has 1 unspecified atom stereocenters. The van der Waals surface area contributed by atoms with Gasteiger partial charge in [0, 0.05) is 5.41 Å². The number of aliphatic hydroxyl groups is 1. The first-order valence-corrected chi connectivity index (χ1v) is 5.94. The molecule has 1 nitrogen and oxygen atoms in total. The van der Waals surface area contributed by atoms with Crippen molar-refractivity contribution in [3.63, 3.8) is 0 Å². The Hall–Kier alpha value is -1.29. The Balaban J connectivity index is 2.93. The molecular formula is C15H18F3O. The van der Waals surface area contributed by atoms with Gasteiger partial charge in [-0.2, -0.15) is 13.2 Å². The predicted molar refractivity (Wildman–Crippen MR) is 68.4 cm³/mol. The Morgan fingerprint density at radius 1 is 1.11 bits per heavy atom. The van der Waals surface area contributed by atoms with Gasteiger partial charge in [-0.1, -0.05) is 38.6 Å². The fourth-order valence-corrected chi connectivity index (χ4v) is 1.73. The van der Waals surface area contributed by atoms with E-state index in [1.807, 2.05) is 13.8 Å². The molecule has 0 saturated heterocycles. The molecular weight excluding hydrogens is 253 g/mol. The number of rotatable bonds is 4. The lowest BCUT2D eigenvalue weighted by atomic mass is 9.72. The second kappa shape index (κ2) is 5.00. The first-order chi connectivity index (χ1) is 8.49. The molecule has 0 aliphatic carbocycles. The molecule has 1 N–H and O–H groups in total. The van der Waals surface area contributed by atoms with Gasteiger partial charge in [0.15, 0.2) is 0 Å². The predicted octanol–water partition coefficient (Wildman–Crippen LogP) is 4.01. The molecule has 0 aliphatic rings. The molecule has 0 saturated carbocycles. The van der Waals surface area contributed by atoms with Crippen molar-refractivity contribution in [3.8, 4) is 0 Å². The van der Waals surface area contributed by atoms with Crippen LogP contribution in [0, 0.1) is 12.0 Å². The molecule has 105 valence electrons. The third-order valence-electron chi connectivity index (χ3n) is 3.62. The molecule has 0 spiro atoms. The van der Waals surface area contributed by atoms with Gasteiger partial charge in [0.05, 0.1) is 11.2 Å². The van der Waals surface area contributed by atoms with Crippen molar-refractivity contribution in [1.29, 1.82) is 0 Å². The summed E-state index contributed by atoms with van der Waals surface area (Å²) in [6.07, 6.45) is -2.70. The van der Waals surface area contributed by atoms with Crippen LogP contribution in [0.1, 0.15) is 31.9 Å². The number of alkyl halides is 3. The summed E-state index contributed by atoms with van der Waals surface area (Å²) in [5.74, 6) is 0. The van der Waals surface area contributed by atoms with E-state index >= 15 is 0 Å². The topological polar surface area (TPSA) is 20.2 Å². The molecule has 1 rings (SSSR count). The maximum absolute atomic E-state index is 12.4. The Morgan fingerprint density at radius 3 is 1.95 bits per heavy atom. The average molecular weight is 271 g/mol. The van der Waals surface area contributed by atoms with Gasteiger partial charge in [0.1, 0.15) is 0 Å². The number of halogens is 3. The van der Waals surface area contributed by atoms with Crippen molar-refractivity contribution >= 4 is 0 Å². The van der Waals surface area contributed by atoms with E-state index in [9.17, 15) is 18.3 Å². The second-order valence-corrected chi connectivity index (χ2v) is 5.57. The lowest BCUT2D eigenvalue weighted by Crippen LogP contribution is -2.41. The van der Waals surface area contributed by atoms with E-state index in [0.717, 1.165) is 17.7 Å². The van der Waals surface area contributed by atoms with Crippen molar-refractivity contribution in [3.05, 3.63) is 48.0 Å². The lowest BCUT2D eigenvalue weighted by molar-refractivity contribution is -0.137. The van der Waals surface area contributed by atoms with Gasteiger partial charge in [0.2, 0.25) is 0 Å². The third-order valence-corrected chi connectivity index (χ3v) is 3.62. The molecule has 1 radical (unpaired) electrons. The van der Waals surface area contributed by atoms with E-state index in [0.29, 0.717) is 6.42 Å². The fourth-order valence-electron chi connectivity index (χ4n) is 1.73. The molecule has 0 amide bonds. The van der Waals surface area contributed by atoms with Gasteiger partial charge in [-0.25, -0.2) is 0 Å². The van der Waals surface area contributed by atoms with E-state index in [4.69, 9.17) is 6.58 Å². The molecule has 0 bridgehead atoms. The summed E-state index contributed by atoms with van der Waals surface area (Å²) in [4.78, 5) is 0. The minimum absolute atomic E-state index is 0.422. The number of hydrogen-bond donors (Lipinski definition) is 1. The highest BCUT2D eigenvalue weighted by Crippen LogP contribution is 2.36. The molecule has 19 heavy (non-hydrogen) atoms. The molecule has 0 heterocycles. The van der Waals surface area contributed by atoms with Crippen LogP contribution in [0.2, 0.25) is 0 Å². The summed E-state index contributed by atoms with van der Waals surface area (Å²) < 4.78 is 37.3. The van der Waals surface area contributed by atoms with Crippen LogP contribution in [0.15, 0.2) is 30.3 Å². The molecule has 1 aromatic rings. The Bertz CT molecular complexity index is 441. The van der Waals surface area contributed by atoms with Crippen molar-refractivity contribution in [2.75, 3.05) is 0 Å². The van der Waals surface area contributed by atoms with Gasteiger partial charge in [-0.05, 0) is 31.0 Å². The number of benzene rings is 1. The molecule has 0 aliphatic heterocycles. The molecule has 1 atom stereocenters. The minimum Gasteiger partial charge on any atom is -0.386 e. The van der Waals surface area contributed by atoms with Crippen molar-refractivity contribution in [2.45, 2.75) is 39.0 Å². The van der Waals surface area contributed by atoms with E-state index in [-0.39, 0.29) is 0 Å². The standard InChI is InChI=1S/C15H18F3O/c1-5-14(4,19)13(2,3)10-11-6-8-12(9-7-11)15(16,17)18/h1,5-9,19H,10H2,2-4H3. The van der Waals surface area contributed by atoms with E-state index < -0.39 is 22.8 Å². The maximum atomic E-state index is 12.4. The largest absolute Gasteiger partial charge is 0.416 e. The highest BCUT2D eigenvalue weighted by atomic mass is 19.4. The first kappa shape index (κ1) is 15.8. The van der Waals surface area contributed by atoms with Gasteiger partial charge in [-0.15, -0.1) is 0 Å². The summed E-state index contributed by atoms with van der Waals surface area (Å²) >= 11 is 0. The van der Waals surface area contributed by atoms with Crippen LogP contribution in [0.3, 0.4) is 0 Å². The van der Waals surface area contributed by atoms with E-state index in [1.54, 1.807) is 6.92 Å². The van der Waals surface area contributed by atoms with Gasteiger partial charge in [0.25, 0.3) is 0 Å². The van der Waals surface area contributed by atoms with Gasteiger partial charge >= 0.3 is 6.18 Å². The monoisotopic (exact) mass is 271 g/mol.